The molecule has 0 aliphatic rings. The summed E-state index contributed by atoms with van der Waals surface area (Å²) in [6, 6.07) is 4.24. The standard InChI is InChI=1S/C12H13ClFN3/c1-7-3-8(5-9(14)4-7)11(15)12-10(13)6-16-17(12)2/h3-6,11H,15H2,1-2H3. The highest BCUT2D eigenvalue weighted by molar-refractivity contribution is 6.31. The Hall–Kier alpha value is -1.39. The Morgan fingerprint density at radius 3 is 2.65 bits per heavy atom. The van der Waals surface area contributed by atoms with Crippen molar-refractivity contribution in [3.63, 3.8) is 0 Å². The lowest BCUT2D eigenvalue weighted by atomic mass is 10.0. The van der Waals surface area contributed by atoms with Crippen LogP contribution >= 0.6 is 11.6 Å². The van der Waals surface area contributed by atoms with Crippen LogP contribution in [0.2, 0.25) is 5.02 Å². The van der Waals surface area contributed by atoms with Gasteiger partial charge in [-0.2, -0.15) is 5.10 Å². The second kappa shape index (κ2) is 4.47. The Morgan fingerprint density at radius 1 is 1.41 bits per heavy atom. The molecule has 17 heavy (non-hydrogen) atoms. The number of nitrogens with two attached hydrogens (primary N) is 1. The van der Waals surface area contributed by atoms with E-state index in [0.717, 1.165) is 5.56 Å². The average Bonchev–Trinajstić information content (AvgIpc) is 2.56. The number of halogens is 2. The Morgan fingerprint density at radius 2 is 2.12 bits per heavy atom. The van der Waals surface area contributed by atoms with Gasteiger partial charge in [-0.05, 0) is 30.2 Å². The summed E-state index contributed by atoms with van der Waals surface area (Å²) in [7, 11) is 1.76. The molecule has 3 nitrogen and oxygen atoms in total. The van der Waals surface area contributed by atoms with Crippen molar-refractivity contribution in [2.45, 2.75) is 13.0 Å². The van der Waals surface area contributed by atoms with Gasteiger partial charge in [0.05, 0.1) is 23.0 Å². The van der Waals surface area contributed by atoms with Gasteiger partial charge in [-0.3, -0.25) is 4.68 Å². The summed E-state index contributed by atoms with van der Waals surface area (Å²) < 4.78 is 14.9. The first kappa shape index (κ1) is 12.1. The molecule has 2 aromatic rings. The largest absolute Gasteiger partial charge is 0.319 e. The molecular formula is C12H13ClFN3. The first-order valence-corrected chi connectivity index (χ1v) is 5.57. The molecule has 2 N–H and O–H groups in total. The van der Waals surface area contributed by atoms with Gasteiger partial charge in [0.1, 0.15) is 5.82 Å². The zero-order chi connectivity index (χ0) is 12.6. The van der Waals surface area contributed by atoms with Crippen LogP contribution in [0.5, 0.6) is 0 Å². The number of aryl methyl sites for hydroxylation is 2. The van der Waals surface area contributed by atoms with Crippen LogP contribution in [-0.2, 0) is 7.05 Å². The van der Waals surface area contributed by atoms with Gasteiger partial charge in [-0.1, -0.05) is 17.7 Å². The van der Waals surface area contributed by atoms with Crippen molar-refractivity contribution in [2.24, 2.45) is 12.8 Å². The molecule has 0 aliphatic heterocycles. The molecule has 90 valence electrons. The van der Waals surface area contributed by atoms with Crippen LogP contribution in [0.4, 0.5) is 4.39 Å². The maximum absolute atomic E-state index is 13.3. The number of benzene rings is 1. The van der Waals surface area contributed by atoms with E-state index in [-0.39, 0.29) is 5.82 Å². The molecule has 1 unspecified atom stereocenters. The third-order valence-corrected chi connectivity index (χ3v) is 2.95. The van der Waals surface area contributed by atoms with E-state index in [1.54, 1.807) is 11.7 Å². The van der Waals surface area contributed by atoms with E-state index < -0.39 is 6.04 Å². The summed E-state index contributed by atoms with van der Waals surface area (Å²) in [5.41, 5.74) is 8.28. The van der Waals surface area contributed by atoms with Crippen molar-refractivity contribution < 1.29 is 4.39 Å². The lowest BCUT2D eigenvalue weighted by Gasteiger charge is -2.14. The molecular weight excluding hydrogens is 241 g/mol. The zero-order valence-corrected chi connectivity index (χ0v) is 10.4. The average molecular weight is 254 g/mol. The lowest BCUT2D eigenvalue weighted by Crippen LogP contribution is -2.16. The summed E-state index contributed by atoms with van der Waals surface area (Å²) in [6.45, 7) is 1.82. The third kappa shape index (κ3) is 2.33. The fraction of sp³-hybridized carbons (Fsp3) is 0.250. The van der Waals surface area contributed by atoms with Crippen LogP contribution in [0.3, 0.4) is 0 Å². The normalized spacial score (nSPS) is 12.8. The van der Waals surface area contributed by atoms with Crippen molar-refractivity contribution >= 4 is 11.6 Å². The number of rotatable bonds is 2. The molecule has 0 aliphatic carbocycles. The van der Waals surface area contributed by atoms with Crippen LogP contribution in [0.25, 0.3) is 0 Å². The van der Waals surface area contributed by atoms with Crippen LogP contribution in [0, 0.1) is 12.7 Å². The molecule has 2 rings (SSSR count). The summed E-state index contributed by atoms with van der Waals surface area (Å²) in [4.78, 5) is 0. The molecule has 0 amide bonds. The van der Waals surface area contributed by atoms with Gasteiger partial charge in [-0.25, -0.2) is 4.39 Å². The number of hydrogen-bond donors (Lipinski definition) is 1. The lowest BCUT2D eigenvalue weighted by molar-refractivity contribution is 0.618. The van der Waals surface area contributed by atoms with Crippen LogP contribution in [0.1, 0.15) is 22.9 Å². The minimum absolute atomic E-state index is 0.297. The van der Waals surface area contributed by atoms with Crippen molar-refractivity contribution in [3.05, 3.63) is 52.1 Å². The van der Waals surface area contributed by atoms with Crippen molar-refractivity contribution in [3.8, 4) is 0 Å². The minimum Gasteiger partial charge on any atom is -0.319 e. The summed E-state index contributed by atoms with van der Waals surface area (Å²) in [5, 5.41) is 4.51. The summed E-state index contributed by atoms with van der Waals surface area (Å²) >= 11 is 6.01. The molecule has 1 atom stereocenters. The highest BCUT2D eigenvalue weighted by Gasteiger charge is 2.17. The van der Waals surface area contributed by atoms with E-state index in [9.17, 15) is 4.39 Å². The molecule has 0 radical (unpaired) electrons. The molecule has 0 bridgehead atoms. The fourth-order valence-corrected chi connectivity index (χ4v) is 2.16. The molecule has 0 spiro atoms. The monoisotopic (exact) mass is 253 g/mol. The predicted octanol–water partition coefficient (Wildman–Crippen LogP) is 2.57. The van der Waals surface area contributed by atoms with E-state index in [4.69, 9.17) is 17.3 Å². The highest BCUT2D eigenvalue weighted by atomic mass is 35.5. The van der Waals surface area contributed by atoms with Crippen LogP contribution in [-0.4, -0.2) is 9.78 Å². The van der Waals surface area contributed by atoms with Crippen LogP contribution < -0.4 is 5.73 Å². The number of nitrogens with zero attached hydrogens (tertiary/aromatic N) is 2. The second-order valence-corrected chi connectivity index (χ2v) is 4.45. The smallest absolute Gasteiger partial charge is 0.123 e. The van der Waals surface area contributed by atoms with E-state index in [0.29, 0.717) is 16.3 Å². The minimum atomic E-state index is -0.482. The van der Waals surface area contributed by atoms with Gasteiger partial charge in [0.2, 0.25) is 0 Å². The maximum Gasteiger partial charge on any atom is 0.123 e. The molecule has 1 heterocycles. The Kier molecular flexibility index (Phi) is 3.17. The van der Waals surface area contributed by atoms with Gasteiger partial charge in [-0.15, -0.1) is 0 Å². The van der Waals surface area contributed by atoms with Gasteiger partial charge in [0.25, 0.3) is 0 Å². The highest BCUT2D eigenvalue weighted by Crippen LogP contribution is 2.26. The molecule has 1 aromatic carbocycles. The SMILES string of the molecule is Cc1cc(F)cc(C(N)c2c(Cl)cnn2C)c1. The Bertz CT molecular complexity index is 511. The van der Waals surface area contributed by atoms with Crippen molar-refractivity contribution in [1.29, 1.82) is 0 Å². The van der Waals surface area contributed by atoms with E-state index in [1.165, 1.54) is 18.3 Å². The summed E-state index contributed by atoms with van der Waals surface area (Å²) in [5.74, 6) is -0.297. The molecule has 0 fully saturated rings. The Balaban J connectivity index is 2.47. The quantitative estimate of drug-likeness (QED) is 0.894. The maximum atomic E-state index is 13.3. The molecule has 1 aromatic heterocycles. The second-order valence-electron chi connectivity index (χ2n) is 4.04. The van der Waals surface area contributed by atoms with E-state index in [2.05, 4.69) is 5.10 Å². The summed E-state index contributed by atoms with van der Waals surface area (Å²) in [6.07, 6.45) is 1.53. The van der Waals surface area contributed by atoms with Gasteiger partial charge < -0.3 is 5.73 Å². The number of hydrogen-bond acceptors (Lipinski definition) is 2. The van der Waals surface area contributed by atoms with E-state index in [1.807, 2.05) is 13.0 Å². The molecule has 5 heteroatoms. The Labute approximate surface area is 104 Å². The predicted molar refractivity (Wildman–Crippen MR) is 65.4 cm³/mol. The topological polar surface area (TPSA) is 43.8 Å². The number of aromatic nitrogens is 2. The van der Waals surface area contributed by atoms with Crippen molar-refractivity contribution in [2.75, 3.05) is 0 Å². The molecule has 0 saturated heterocycles. The fourth-order valence-electron chi connectivity index (χ4n) is 1.87. The van der Waals surface area contributed by atoms with Gasteiger partial charge in [0.15, 0.2) is 0 Å². The van der Waals surface area contributed by atoms with E-state index >= 15 is 0 Å². The van der Waals surface area contributed by atoms with Gasteiger partial charge in [0, 0.05) is 7.05 Å². The van der Waals surface area contributed by atoms with Gasteiger partial charge >= 0.3 is 0 Å². The molecule has 0 saturated carbocycles. The third-order valence-electron chi connectivity index (χ3n) is 2.66. The van der Waals surface area contributed by atoms with Crippen LogP contribution in [0.15, 0.2) is 24.4 Å². The first-order chi connectivity index (χ1) is 7.99. The zero-order valence-electron chi connectivity index (χ0n) is 9.61. The van der Waals surface area contributed by atoms with Crippen molar-refractivity contribution in [1.82, 2.24) is 9.78 Å². The first-order valence-electron chi connectivity index (χ1n) is 5.19.